The number of nitrogens with zero attached hydrogens (tertiary/aromatic N) is 4. The number of fused-ring (bicyclic) bond motifs is 5. The third-order valence-electron chi connectivity index (χ3n) is 7.91. The van der Waals surface area contributed by atoms with Gasteiger partial charge >= 0.3 is 5.97 Å². The molecular weight excluding hydrogens is 527 g/mol. The smallest absolute Gasteiger partial charge is 0.308 e. The van der Waals surface area contributed by atoms with Crippen LogP contribution in [0, 0.1) is 23.6 Å². The number of thiophene rings is 1. The number of halogens is 2. The van der Waals surface area contributed by atoms with E-state index in [1.165, 1.54) is 17.5 Å². The van der Waals surface area contributed by atoms with Gasteiger partial charge in [-0.15, -0.1) is 11.3 Å². The average Bonchev–Trinajstić information content (AvgIpc) is 3.54. The lowest BCUT2D eigenvalue weighted by Crippen LogP contribution is -2.51. The first kappa shape index (κ1) is 23.5. The number of aliphatic carboxylic acids is 1. The largest absolute Gasteiger partial charge is 0.481 e. The summed E-state index contributed by atoms with van der Waals surface area (Å²) in [7, 11) is 0. The molecular formula is C27H22ClFN6O2S. The number of aromatic amines is 1. The van der Waals surface area contributed by atoms with Crippen LogP contribution in [0.4, 0.5) is 10.2 Å². The highest BCUT2D eigenvalue weighted by atomic mass is 35.5. The zero-order chi connectivity index (χ0) is 26.0. The highest BCUT2D eigenvalue weighted by Crippen LogP contribution is 2.47. The van der Waals surface area contributed by atoms with Gasteiger partial charge in [0.2, 0.25) is 0 Å². The van der Waals surface area contributed by atoms with Gasteiger partial charge in [0.15, 0.2) is 23.1 Å². The van der Waals surface area contributed by atoms with E-state index in [9.17, 15) is 9.90 Å². The van der Waals surface area contributed by atoms with E-state index in [1.807, 2.05) is 30.3 Å². The Morgan fingerprint density at radius 2 is 1.92 bits per heavy atom. The Kier molecular flexibility index (Phi) is 5.55. The summed E-state index contributed by atoms with van der Waals surface area (Å²) in [6, 6.07) is 9.33. The van der Waals surface area contributed by atoms with Gasteiger partial charge in [-0.1, -0.05) is 29.8 Å². The Morgan fingerprint density at radius 3 is 2.71 bits per heavy atom. The molecule has 11 heteroatoms. The molecule has 38 heavy (non-hydrogen) atoms. The van der Waals surface area contributed by atoms with E-state index < -0.39 is 23.7 Å². The molecule has 192 valence electrons. The Hall–Kier alpha value is -3.63. The fraction of sp³-hybridized carbons (Fsp3) is 0.296. The summed E-state index contributed by atoms with van der Waals surface area (Å²) < 4.78 is 17.2. The molecule has 8 nitrogen and oxygen atoms in total. The van der Waals surface area contributed by atoms with Gasteiger partial charge in [0, 0.05) is 16.9 Å². The van der Waals surface area contributed by atoms with Crippen molar-refractivity contribution in [2.75, 3.05) is 5.32 Å². The zero-order valence-corrected chi connectivity index (χ0v) is 21.6. The van der Waals surface area contributed by atoms with Crippen LogP contribution in [0.15, 0.2) is 42.7 Å². The third kappa shape index (κ3) is 3.82. The van der Waals surface area contributed by atoms with Gasteiger partial charge in [0.1, 0.15) is 16.4 Å². The summed E-state index contributed by atoms with van der Waals surface area (Å²) in [5.41, 5.74) is 1.65. The van der Waals surface area contributed by atoms with Crippen LogP contribution >= 0.6 is 22.9 Å². The first-order chi connectivity index (χ1) is 18.5. The summed E-state index contributed by atoms with van der Waals surface area (Å²) in [6.07, 6.45) is 6.74. The molecule has 3 saturated carbocycles. The van der Waals surface area contributed by atoms with Crippen molar-refractivity contribution < 1.29 is 14.3 Å². The van der Waals surface area contributed by atoms with E-state index in [1.54, 1.807) is 6.20 Å². The van der Waals surface area contributed by atoms with Gasteiger partial charge in [-0.2, -0.15) is 0 Å². The molecule has 1 aromatic carbocycles. The normalized spacial score (nSPS) is 22.8. The van der Waals surface area contributed by atoms with E-state index in [4.69, 9.17) is 11.6 Å². The Balaban J connectivity index is 1.40. The van der Waals surface area contributed by atoms with Crippen molar-refractivity contribution in [2.24, 2.45) is 17.8 Å². The van der Waals surface area contributed by atoms with E-state index in [2.05, 4.69) is 30.2 Å². The predicted octanol–water partition coefficient (Wildman–Crippen LogP) is 6.39. The van der Waals surface area contributed by atoms with E-state index in [-0.39, 0.29) is 34.3 Å². The van der Waals surface area contributed by atoms with Crippen molar-refractivity contribution in [1.29, 1.82) is 0 Å². The molecule has 2 bridgehead atoms. The predicted molar refractivity (Wildman–Crippen MR) is 145 cm³/mol. The van der Waals surface area contributed by atoms with Crippen molar-refractivity contribution in [2.45, 2.75) is 31.7 Å². The number of hydrogen-bond acceptors (Lipinski definition) is 7. The van der Waals surface area contributed by atoms with Crippen LogP contribution in [0.5, 0.6) is 0 Å². The fourth-order valence-electron chi connectivity index (χ4n) is 6.14. The highest BCUT2D eigenvalue weighted by Gasteiger charge is 2.47. The molecule has 0 spiro atoms. The third-order valence-corrected chi connectivity index (χ3v) is 9.22. The maximum atomic E-state index is 16.2. The first-order valence-corrected chi connectivity index (χ1v) is 13.7. The molecule has 0 aliphatic heterocycles. The van der Waals surface area contributed by atoms with Crippen LogP contribution in [-0.4, -0.2) is 42.0 Å². The maximum absolute atomic E-state index is 16.2. The Labute approximate surface area is 225 Å². The van der Waals surface area contributed by atoms with Crippen molar-refractivity contribution in [3.8, 4) is 22.0 Å². The SMILES string of the molecule is O=C(O)C1C2CCC(CC2)[C@H]1Nc1nc(-c2c[nH]c3ncc(Cl)nc23)nc(-c2cc3ccccc3s2)c1F. The minimum absolute atomic E-state index is 0.00408. The molecule has 4 heterocycles. The van der Waals surface area contributed by atoms with Gasteiger partial charge in [0.25, 0.3) is 0 Å². The molecule has 0 radical (unpaired) electrons. The molecule has 0 amide bonds. The number of anilines is 1. The van der Waals surface area contributed by atoms with Crippen molar-refractivity contribution in [1.82, 2.24) is 24.9 Å². The lowest BCUT2D eigenvalue weighted by molar-refractivity contribution is -0.148. The molecule has 3 aliphatic carbocycles. The molecule has 3 aliphatic rings. The number of benzene rings is 1. The van der Waals surface area contributed by atoms with Gasteiger partial charge in [-0.25, -0.2) is 24.3 Å². The van der Waals surface area contributed by atoms with Gasteiger partial charge < -0.3 is 15.4 Å². The standard InChI is InChI=1S/C27H22ClFN6O2S/c28-18-11-31-26-22(32-18)15(10-30-26)24-34-23(17-9-14-3-1-2-4-16(14)38-17)20(29)25(35-24)33-21-13-7-5-12(6-8-13)19(21)27(36)37/h1-4,9-13,19,21H,5-8H2,(H,30,31)(H,36,37)(H,33,34,35)/t12?,13?,19?,21-/m1/s1. The number of carboxylic acid groups (broad SMARTS) is 1. The monoisotopic (exact) mass is 548 g/mol. The van der Waals surface area contributed by atoms with Crippen LogP contribution in [0.2, 0.25) is 5.15 Å². The van der Waals surface area contributed by atoms with Crippen LogP contribution in [0.3, 0.4) is 0 Å². The number of rotatable bonds is 5. The Morgan fingerprint density at radius 1 is 1.13 bits per heavy atom. The number of carboxylic acids is 1. The maximum Gasteiger partial charge on any atom is 0.308 e. The molecule has 5 aromatic rings. The fourth-order valence-corrected chi connectivity index (χ4v) is 7.32. The van der Waals surface area contributed by atoms with Crippen LogP contribution in [0.25, 0.3) is 43.2 Å². The Bertz CT molecular complexity index is 1680. The van der Waals surface area contributed by atoms with Crippen molar-refractivity contribution in [3.05, 3.63) is 53.7 Å². The van der Waals surface area contributed by atoms with Crippen LogP contribution < -0.4 is 5.32 Å². The summed E-state index contributed by atoms with van der Waals surface area (Å²) >= 11 is 7.56. The van der Waals surface area contributed by atoms with E-state index in [0.717, 1.165) is 35.8 Å². The molecule has 3 fully saturated rings. The van der Waals surface area contributed by atoms with Crippen LogP contribution in [0.1, 0.15) is 25.7 Å². The number of nitrogens with one attached hydrogen (secondary N) is 2. The number of hydrogen-bond donors (Lipinski definition) is 3. The molecule has 1 unspecified atom stereocenters. The summed E-state index contributed by atoms with van der Waals surface area (Å²) in [4.78, 5) is 33.9. The minimum atomic E-state index is -0.849. The molecule has 2 atom stereocenters. The molecule has 8 rings (SSSR count). The van der Waals surface area contributed by atoms with Gasteiger partial charge in [0.05, 0.1) is 22.6 Å². The summed E-state index contributed by atoms with van der Waals surface area (Å²) in [5, 5.41) is 14.5. The summed E-state index contributed by atoms with van der Waals surface area (Å²) in [5.74, 6) is -1.58. The lowest BCUT2D eigenvalue weighted by Gasteiger charge is -2.47. The van der Waals surface area contributed by atoms with Crippen molar-refractivity contribution in [3.63, 3.8) is 0 Å². The first-order valence-electron chi connectivity index (χ1n) is 12.5. The zero-order valence-electron chi connectivity index (χ0n) is 20.0. The minimum Gasteiger partial charge on any atom is -0.481 e. The van der Waals surface area contributed by atoms with Gasteiger partial charge in [-0.3, -0.25) is 4.79 Å². The summed E-state index contributed by atoms with van der Waals surface area (Å²) in [6.45, 7) is 0. The van der Waals surface area contributed by atoms with E-state index >= 15 is 4.39 Å². The number of carbonyl (C=O) groups is 1. The molecule has 0 saturated heterocycles. The molecule has 4 aromatic heterocycles. The number of aromatic nitrogens is 5. The second-order valence-electron chi connectivity index (χ2n) is 10.0. The van der Waals surface area contributed by atoms with Crippen molar-refractivity contribution >= 4 is 56.0 Å². The second-order valence-corrected chi connectivity index (χ2v) is 11.5. The lowest BCUT2D eigenvalue weighted by atomic mass is 9.61. The quantitative estimate of drug-likeness (QED) is 0.233. The second kappa shape index (κ2) is 8.99. The van der Waals surface area contributed by atoms with Crippen LogP contribution in [-0.2, 0) is 4.79 Å². The van der Waals surface area contributed by atoms with E-state index in [0.29, 0.717) is 21.6 Å². The average molecular weight is 549 g/mol. The topological polar surface area (TPSA) is 117 Å². The molecule has 3 N–H and O–H groups in total. The highest BCUT2D eigenvalue weighted by molar-refractivity contribution is 7.22. The number of H-pyrrole nitrogens is 1. The van der Waals surface area contributed by atoms with Gasteiger partial charge in [-0.05, 0) is 55.0 Å².